The lowest BCUT2D eigenvalue weighted by Gasteiger charge is -2.49. The fourth-order valence-electron chi connectivity index (χ4n) is 8.13. The summed E-state index contributed by atoms with van der Waals surface area (Å²) < 4.78 is 6.04. The third kappa shape index (κ3) is 4.08. The lowest BCUT2D eigenvalue weighted by Crippen LogP contribution is -2.49. The number of fused-ring (bicyclic) bond motifs is 4. The number of phenolic OH excluding ortho intramolecular Hbond substituents is 1. The number of para-hydroxylation sites is 1. The Balaban J connectivity index is 1.38. The Labute approximate surface area is 271 Å². The Morgan fingerprint density at radius 2 is 1.61 bits per heavy atom. The number of hydrogen-bond acceptors (Lipinski definition) is 8. The molecule has 0 aromatic heterocycles. The molecule has 3 aromatic rings. The summed E-state index contributed by atoms with van der Waals surface area (Å²) >= 11 is 3.50. The van der Waals surface area contributed by atoms with Gasteiger partial charge in [-0.15, -0.1) is 0 Å². The van der Waals surface area contributed by atoms with E-state index in [2.05, 4.69) is 15.9 Å². The van der Waals surface area contributed by atoms with Crippen LogP contribution in [0.2, 0.25) is 0 Å². The largest absolute Gasteiger partial charge is 0.504 e. The summed E-state index contributed by atoms with van der Waals surface area (Å²) in [6.07, 6.45) is 2.24. The number of nitro benzene ring substituents is 1. The Kier molecular flexibility index (Phi) is 6.89. The molecule has 0 unspecified atom stereocenters. The van der Waals surface area contributed by atoms with Crippen molar-refractivity contribution in [1.29, 1.82) is 0 Å². The van der Waals surface area contributed by atoms with Crippen LogP contribution < -0.4 is 14.5 Å². The Morgan fingerprint density at radius 1 is 0.935 bits per heavy atom. The van der Waals surface area contributed by atoms with Crippen molar-refractivity contribution in [3.05, 3.63) is 98.5 Å². The molecule has 12 heteroatoms. The van der Waals surface area contributed by atoms with E-state index in [-0.39, 0.29) is 35.7 Å². The molecule has 0 radical (unpaired) electrons. The number of allylic oxidation sites excluding steroid dienone is 2. The van der Waals surface area contributed by atoms with Gasteiger partial charge >= 0.3 is 0 Å². The molecule has 3 aromatic carbocycles. The molecule has 0 bridgehead atoms. The number of methoxy groups -OCH3 is 1. The van der Waals surface area contributed by atoms with E-state index in [4.69, 9.17) is 4.74 Å². The summed E-state index contributed by atoms with van der Waals surface area (Å²) in [7, 11) is 1.42. The molecule has 46 heavy (non-hydrogen) atoms. The van der Waals surface area contributed by atoms with Gasteiger partial charge in [-0.25, -0.2) is 4.90 Å². The minimum absolute atomic E-state index is 0.146. The van der Waals surface area contributed by atoms with Crippen LogP contribution in [0.4, 0.5) is 17.1 Å². The van der Waals surface area contributed by atoms with Gasteiger partial charge in [-0.05, 0) is 62.1 Å². The smallest absolute Gasteiger partial charge is 0.269 e. The predicted octanol–water partition coefficient (Wildman–Crippen LogP) is 5.51. The summed E-state index contributed by atoms with van der Waals surface area (Å²) in [6, 6.07) is 17.2. The minimum atomic E-state index is -1.34. The molecular formula is C34H28BrN3O8. The van der Waals surface area contributed by atoms with Gasteiger partial charge in [0, 0.05) is 28.1 Å². The Bertz CT molecular complexity index is 1880. The molecule has 2 aliphatic heterocycles. The van der Waals surface area contributed by atoms with Gasteiger partial charge in [0.15, 0.2) is 11.5 Å². The molecule has 2 saturated heterocycles. The molecule has 7 rings (SSSR count). The SMILES string of the molecule is COc1cc(Br)cc([C@H]2C3=CC[C@@H]4C(=O)N(c5ccc([N+](=O)[O-])cc5)C(=O)[C@@H]4[C@@H]3C[C@H]3C(=O)N(c4ccccc4)C(=O)[C@@]23C)c1O. The molecule has 3 fully saturated rings. The molecule has 2 aliphatic carbocycles. The number of benzene rings is 3. The quantitative estimate of drug-likeness (QED) is 0.160. The van der Waals surface area contributed by atoms with Crippen molar-refractivity contribution in [2.75, 3.05) is 16.9 Å². The van der Waals surface area contributed by atoms with E-state index >= 15 is 0 Å². The second-order valence-corrected chi connectivity index (χ2v) is 13.2. The minimum Gasteiger partial charge on any atom is -0.504 e. The Morgan fingerprint density at radius 3 is 2.26 bits per heavy atom. The number of imide groups is 2. The van der Waals surface area contributed by atoms with Gasteiger partial charge in [-0.3, -0.25) is 34.2 Å². The molecule has 234 valence electrons. The first-order valence-corrected chi connectivity index (χ1v) is 15.6. The summed E-state index contributed by atoms with van der Waals surface area (Å²) in [6.45, 7) is 1.74. The average Bonchev–Trinajstić information content (AvgIpc) is 3.42. The van der Waals surface area contributed by atoms with E-state index in [1.165, 1.54) is 36.3 Å². The first-order valence-electron chi connectivity index (χ1n) is 14.8. The molecule has 1 saturated carbocycles. The van der Waals surface area contributed by atoms with Crippen molar-refractivity contribution in [2.45, 2.75) is 25.7 Å². The van der Waals surface area contributed by atoms with Gasteiger partial charge in [0.2, 0.25) is 23.6 Å². The van der Waals surface area contributed by atoms with Crippen LogP contribution in [-0.4, -0.2) is 40.8 Å². The molecule has 0 spiro atoms. The van der Waals surface area contributed by atoms with Crippen molar-refractivity contribution in [3.8, 4) is 11.5 Å². The molecule has 1 N–H and O–H groups in total. The monoisotopic (exact) mass is 685 g/mol. The van der Waals surface area contributed by atoms with Gasteiger partial charge < -0.3 is 9.84 Å². The zero-order valence-electron chi connectivity index (χ0n) is 24.8. The number of ether oxygens (including phenoxy) is 1. The number of anilines is 2. The van der Waals surface area contributed by atoms with Crippen LogP contribution >= 0.6 is 15.9 Å². The maximum atomic E-state index is 14.5. The summed E-state index contributed by atoms with van der Waals surface area (Å²) in [4.78, 5) is 69.7. The van der Waals surface area contributed by atoms with Crippen LogP contribution in [0.15, 0.2) is 82.9 Å². The predicted molar refractivity (Wildman–Crippen MR) is 169 cm³/mol. The maximum Gasteiger partial charge on any atom is 0.269 e. The van der Waals surface area contributed by atoms with E-state index < -0.39 is 63.6 Å². The summed E-state index contributed by atoms with van der Waals surface area (Å²) in [5, 5.41) is 22.7. The number of halogens is 1. The van der Waals surface area contributed by atoms with E-state index in [1.807, 2.05) is 6.08 Å². The first-order chi connectivity index (χ1) is 22.0. The Hall–Kier alpha value is -4.84. The zero-order chi connectivity index (χ0) is 32.7. The molecule has 4 amide bonds. The third-order valence-corrected chi connectivity index (χ3v) is 10.7. The van der Waals surface area contributed by atoms with Crippen molar-refractivity contribution >= 4 is 56.6 Å². The van der Waals surface area contributed by atoms with Crippen molar-refractivity contribution < 1.29 is 33.9 Å². The maximum absolute atomic E-state index is 14.5. The van der Waals surface area contributed by atoms with Crippen LogP contribution in [0, 0.1) is 39.2 Å². The highest BCUT2D eigenvalue weighted by molar-refractivity contribution is 9.10. The van der Waals surface area contributed by atoms with Gasteiger partial charge in [0.1, 0.15) is 0 Å². The first kappa shape index (κ1) is 29.8. The molecule has 11 nitrogen and oxygen atoms in total. The second kappa shape index (κ2) is 10.6. The fraction of sp³-hybridized carbons (Fsp3) is 0.294. The fourth-order valence-corrected chi connectivity index (χ4v) is 8.59. The van der Waals surface area contributed by atoms with Crippen molar-refractivity contribution in [3.63, 3.8) is 0 Å². The van der Waals surface area contributed by atoms with E-state index in [9.17, 15) is 34.4 Å². The third-order valence-electron chi connectivity index (χ3n) is 10.2. The molecule has 6 atom stereocenters. The van der Waals surface area contributed by atoms with E-state index in [1.54, 1.807) is 49.4 Å². The number of carbonyl (C=O) groups excluding carboxylic acids is 4. The van der Waals surface area contributed by atoms with Crippen LogP contribution in [-0.2, 0) is 19.2 Å². The highest BCUT2D eigenvalue weighted by atomic mass is 79.9. The number of hydrogen-bond donors (Lipinski definition) is 1. The van der Waals surface area contributed by atoms with E-state index in [0.29, 0.717) is 21.3 Å². The number of nitrogens with zero attached hydrogens (tertiary/aromatic N) is 3. The number of rotatable bonds is 5. The normalized spacial score (nSPS) is 28.5. The number of amides is 4. The van der Waals surface area contributed by atoms with Gasteiger partial charge in [-0.2, -0.15) is 0 Å². The molecule has 2 heterocycles. The van der Waals surface area contributed by atoms with Crippen molar-refractivity contribution in [2.24, 2.45) is 29.1 Å². The highest BCUT2D eigenvalue weighted by Gasteiger charge is 2.68. The van der Waals surface area contributed by atoms with Crippen LogP contribution in [0.3, 0.4) is 0 Å². The number of non-ortho nitro benzene ring substituents is 1. The van der Waals surface area contributed by atoms with Crippen LogP contribution in [0.1, 0.15) is 31.2 Å². The number of carbonyl (C=O) groups is 4. The van der Waals surface area contributed by atoms with E-state index in [0.717, 1.165) is 4.90 Å². The topological polar surface area (TPSA) is 147 Å². The van der Waals surface area contributed by atoms with Crippen LogP contribution in [0.25, 0.3) is 0 Å². The number of phenols is 1. The average molecular weight is 687 g/mol. The van der Waals surface area contributed by atoms with Gasteiger partial charge in [0.25, 0.3) is 5.69 Å². The standard InChI is InChI=1S/C34H28BrN3O8/c1-34-25(31(41)37(33(34)43)18-6-4-3-5-7-18)16-23-21(28(34)24-14-17(35)15-26(46-2)29(24)39)12-13-22-27(23)32(42)36(30(22)40)19-8-10-20(11-9-19)38(44)45/h3-12,14-15,22-23,25,27-28,39H,13,16H2,1-2H3/t22-,23+,25-,27-,28+,34+/m0/s1. The number of nitro groups is 1. The number of aromatic hydroxyl groups is 1. The zero-order valence-corrected chi connectivity index (χ0v) is 26.3. The highest BCUT2D eigenvalue weighted by Crippen LogP contribution is 2.65. The lowest BCUT2D eigenvalue weighted by atomic mass is 9.51. The van der Waals surface area contributed by atoms with Gasteiger partial charge in [0.05, 0.1) is 46.6 Å². The molecule has 4 aliphatic rings. The van der Waals surface area contributed by atoms with Gasteiger partial charge in [-0.1, -0.05) is 45.8 Å². The summed E-state index contributed by atoms with van der Waals surface area (Å²) in [5.74, 6) is -5.56. The molecular weight excluding hydrogens is 658 g/mol. The summed E-state index contributed by atoms with van der Waals surface area (Å²) in [5.41, 5.74) is 0.219. The second-order valence-electron chi connectivity index (χ2n) is 12.3. The lowest BCUT2D eigenvalue weighted by molar-refractivity contribution is -0.384. The van der Waals surface area contributed by atoms with Crippen LogP contribution in [0.5, 0.6) is 11.5 Å². The van der Waals surface area contributed by atoms with Crippen molar-refractivity contribution in [1.82, 2.24) is 0 Å².